The van der Waals surface area contributed by atoms with E-state index in [-0.39, 0.29) is 12.5 Å². The molecule has 1 heterocycles. The molecule has 0 aliphatic rings. The Kier molecular flexibility index (Phi) is 5.40. The van der Waals surface area contributed by atoms with Gasteiger partial charge in [-0.25, -0.2) is 0 Å². The highest BCUT2D eigenvalue weighted by molar-refractivity contribution is 5.94. The van der Waals surface area contributed by atoms with Crippen molar-refractivity contribution in [3.63, 3.8) is 0 Å². The smallest absolute Gasteiger partial charge is 0.254 e. The first-order valence-electron chi connectivity index (χ1n) is 8.38. The maximum atomic E-state index is 12.5. The molecule has 1 amide bonds. The van der Waals surface area contributed by atoms with Crippen LogP contribution in [0.15, 0.2) is 46.9 Å². The number of hydrogen-bond acceptors (Lipinski definition) is 6. The lowest BCUT2D eigenvalue weighted by Crippen LogP contribution is -2.26. The monoisotopic (exact) mass is 367 g/mol. The molecule has 0 unspecified atom stereocenters. The zero-order valence-corrected chi connectivity index (χ0v) is 15.7. The highest BCUT2D eigenvalue weighted by Gasteiger charge is 2.17. The zero-order valence-electron chi connectivity index (χ0n) is 15.7. The fraction of sp³-hybridized carbons (Fsp3) is 0.250. The number of benzene rings is 2. The Morgan fingerprint density at radius 1 is 1.07 bits per heavy atom. The van der Waals surface area contributed by atoms with Gasteiger partial charge in [-0.15, -0.1) is 10.2 Å². The van der Waals surface area contributed by atoms with Gasteiger partial charge in [0.25, 0.3) is 5.91 Å². The van der Waals surface area contributed by atoms with Crippen molar-refractivity contribution in [3.05, 3.63) is 59.5 Å². The molecule has 0 radical (unpaired) electrons. The Morgan fingerprint density at radius 3 is 2.56 bits per heavy atom. The topological polar surface area (TPSA) is 77.7 Å². The number of hydrogen-bond donors (Lipinski definition) is 0. The average Bonchev–Trinajstić information content (AvgIpc) is 3.15. The molecule has 0 fully saturated rings. The van der Waals surface area contributed by atoms with Crippen molar-refractivity contribution in [2.24, 2.45) is 0 Å². The minimum absolute atomic E-state index is 0.107. The van der Waals surface area contributed by atoms with Crippen LogP contribution in [0.25, 0.3) is 11.5 Å². The van der Waals surface area contributed by atoms with Crippen LogP contribution in [-0.2, 0) is 6.54 Å². The van der Waals surface area contributed by atoms with E-state index < -0.39 is 0 Å². The molecule has 1 aromatic heterocycles. The lowest BCUT2D eigenvalue weighted by atomic mass is 10.1. The molecule has 7 heteroatoms. The molecule has 0 N–H and O–H groups in total. The van der Waals surface area contributed by atoms with Gasteiger partial charge in [0.05, 0.1) is 20.8 Å². The van der Waals surface area contributed by atoms with Crippen molar-refractivity contribution in [2.45, 2.75) is 13.5 Å². The van der Waals surface area contributed by atoms with E-state index in [9.17, 15) is 4.79 Å². The number of rotatable bonds is 6. The largest absolute Gasteiger partial charge is 0.493 e. The molecule has 0 spiro atoms. The molecule has 7 nitrogen and oxygen atoms in total. The molecule has 3 aromatic rings. The number of aryl methyl sites for hydroxylation is 1. The van der Waals surface area contributed by atoms with Crippen molar-refractivity contribution >= 4 is 5.91 Å². The molecule has 0 aliphatic carbocycles. The Balaban J connectivity index is 1.75. The van der Waals surface area contributed by atoms with Gasteiger partial charge in [0.15, 0.2) is 11.5 Å². The second kappa shape index (κ2) is 7.90. The summed E-state index contributed by atoms with van der Waals surface area (Å²) in [6, 6.07) is 12.8. The van der Waals surface area contributed by atoms with Crippen molar-refractivity contribution in [1.29, 1.82) is 0 Å². The zero-order chi connectivity index (χ0) is 19.4. The van der Waals surface area contributed by atoms with Crippen LogP contribution in [0.1, 0.15) is 21.8 Å². The van der Waals surface area contributed by atoms with Crippen LogP contribution >= 0.6 is 0 Å². The molecule has 27 heavy (non-hydrogen) atoms. The number of aromatic nitrogens is 2. The van der Waals surface area contributed by atoms with Gasteiger partial charge in [0, 0.05) is 18.2 Å². The number of methoxy groups -OCH3 is 2. The Morgan fingerprint density at radius 2 is 1.85 bits per heavy atom. The van der Waals surface area contributed by atoms with Crippen LogP contribution in [-0.4, -0.2) is 42.3 Å². The lowest BCUT2D eigenvalue weighted by molar-refractivity contribution is 0.0773. The second-order valence-electron chi connectivity index (χ2n) is 6.10. The highest BCUT2D eigenvalue weighted by Crippen LogP contribution is 2.31. The molecule has 0 aliphatic heterocycles. The van der Waals surface area contributed by atoms with E-state index in [1.54, 1.807) is 50.4 Å². The van der Waals surface area contributed by atoms with Gasteiger partial charge >= 0.3 is 0 Å². The minimum Gasteiger partial charge on any atom is -0.493 e. The quantitative estimate of drug-likeness (QED) is 0.665. The third-order valence-electron chi connectivity index (χ3n) is 4.08. The molecular weight excluding hydrogens is 346 g/mol. The second-order valence-corrected chi connectivity index (χ2v) is 6.10. The lowest BCUT2D eigenvalue weighted by Gasteiger charge is -2.15. The molecular formula is C20H21N3O4. The maximum absolute atomic E-state index is 12.5. The van der Waals surface area contributed by atoms with Crippen LogP contribution in [0, 0.1) is 6.92 Å². The van der Waals surface area contributed by atoms with Crippen molar-refractivity contribution in [3.8, 4) is 23.0 Å². The van der Waals surface area contributed by atoms with Gasteiger partial charge in [-0.1, -0.05) is 17.7 Å². The van der Waals surface area contributed by atoms with Gasteiger partial charge in [0.1, 0.15) is 0 Å². The fourth-order valence-corrected chi connectivity index (χ4v) is 2.68. The third-order valence-corrected chi connectivity index (χ3v) is 4.08. The van der Waals surface area contributed by atoms with Gasteiger partial charge in [0.2, 0.25) is 11.8 Å². The number of amides is 1. The minimum atomic E-state index is -0.107. The predicted octanol–water partition coefficient (Wildman–Crippen LogP) is 3.33. The van der Waals surface area contributed by atoms with E-state index in [2.05, 4.69) is 10.2 Å². The summed E-state index contributed by atoms with van der Waals surface area (Å²) in [5, 5.41) is 8.11. The molecule has 0 atom stereocenters. The van der Waals surface area contributed by atoms with E-state index in [1.807, 2.05) is 25.1 Å². The van der Waals surface area contributed by atoms with E-state index in [1.165, 1.54) is 0 Å². The molecule has 3 rings (SSSR count). The van der Waals surface area contributed by atoms with E-state index >= 15 is 0 Å². The number of carbonyl (C=O) groups excluding carboxylic acids is 1. The highest BCUT2D eigenvalue weighted by atomic mass is 16.5. The Hall–Kier alpha value is -3.35. The first-order valence-corrected chi connectivity index (χ1v) is 8.38. The van der Waals surface area contributed by atoms with Crippen molar-refractivity contribution in [1.82, 2.24) is 15.1 Å². The van der Waals surface area contributed by atoms with E-state index in [0.29, 0.717) is 34.4 Å². The van der Waals surface area contributed by atoms with Gasteiger partial charge in [-0.05, 0) is 37.3 Å². The fourth-order valence-electron chi connectivity index (χ4n) is 2.68. The van der Waals surface area contributed by atoms with Crippen LogP contribution in [0.5, 0.6) is 11.5 Å². The first kappa shape index (κ1) is 18.4. The summed E-state index contributed by atoms with van der Waals surface area (Å²) in [6.07, 6.45) is 0. The molecule has 0 bridgehead atoms. The number of carbonyl (C=O) groups is 1. The molecule has 140 valence electrons. The van der Waals surface area contributed by atoms with Gasteiger partial charge in [-0.3, -0.25) is 4.79 Å². The summed E-state index contributed by atoms with van der Waals surface area (Å²) >= 11 is 0. The first-order chi connectivity index (χ1) is 13.0. The van der Waals surface area contributed by atoms with Crippen molar-refractivity contribution < 1.29 is 18.7 Å². The van der Waals surface area contributed by atoms with E-state index in [4.69, 9.17) is 13.9 Å². The SMILES string of the molecule is COc1ccc(-c2nnc(CN(C)C(=O)c3cccc(C)c3)o2)cc1OC. The molecule has 0 saturated carbocycles. The number of ether oxygens (including phenoxy) is 2. The standard InChI is InChI=1S/C20H21N3O4/c1-13-6-5-7-15(10-13)20(24)23(2)12-18-21-22-19(27-18)14-8-9-16(25-3)17(11-14)26-4/h5-11H,12H2,1-4H3. The van der Waals surface area contributed by atoms with Gasteiger partial charge in [-0.2, -0.15) is 0 Å². The summed E-state index contributed by atoms with van der Waals surface area (Å²) in [6.45, 7) is 2.16. The summed E-state index contributed by atoms with van der Waals surface area (Å²) in [7, 11) is 4.83. The Labute approximate surface area is 157 Å². The van der Waals surface area contributed by atoms with Crippen LogP contribution in [0.2, 0.25) is 0 Å². The van der Waals surface area contributed by atoms with Crippen molar-refractivity contribution in [2.75, 3.05) is 21.3 Å². The molecule has 2 aromatic carbocycles. The normalized spacial score (nSPS) is 10.5. The van der Waals surface area contributed by atoms with Crippen LogP contribution in [0.4, 0.5) is 0 Å². The third kappa shape index (κ3) is 4.08. The van der Waals surface area contributed by atoms with Crippen LogP contribution in [0.3, 0.4) is 0 Å². The Bertz CT molecular complexity index is 952. The van der Waals surface area contributed by atoms with E-state index in [0.717, 1.165) is 5.56 Å². The number of nitrogens with zero attached hydrogens (tertiary/aromatic N) is 3. The summed E-state index contributed by atoms with van der Waals surface area (Å²) < 4.78 is 16.2. The van der Waals surface area contributed by atoms with Crippen LogP contribution < -0.4 is 9.47 Å². The average molecular weight is 367 g/mol. The summed E-state index contributed by atoms with van der Waals surface area (Å²) in [5.41, 5.74) is 2.36. The van der Waals surface area contributed by atoms with Gasteiger partial charge < -0.3 is 18.8 Å². The summed E-state index contributed by atoms with van der Waals surface area (Å²) in [4.78, 5) is 14.1. The molecule has 0 saturated heterocycles. The maximum Gasteiger partial charge on any atom is 0.254 e. The predicted molar refractivity (Wildman–Crippen MR) is 99.8 cm³/mol. The summed E-state index contributed by atoms with van der Waals surface area (Å²) in [5.74, 6) is 1.78.